The van der Waals surface area contributed by atoms with Crippen molar-refractivity contribution in [2.75, 3.05) is 37.7 Å². The van der Waals surface area contributed by atoms with Crippen LogP contribution in [-0.4, -0.2) is 69.1 Å². The molecule has 2 saturated heterocycles. The van der Waals surface area contributed by atoms with Gasteiger partial charge in [0, 0.05) is 49.3 Å². The lowest BCUT2D eigenvalue weighted by atomic mass is 9.91. The van der Waals surface area contributed by atoms with Crippen LogP contribution in [0, 0.1) is 19.7 Å². The third-order valence-electron chi connectivity index (χ3n) is 11.2. The first kappa shape index (κ1) is 33.8. The Bertz CT molecular complexity index is 2240. The number of anilines is 1. The summed E-state index contributed by atoms with van der Waals surface area (Å²) in [6.45, 7) is 9.76. The van der Waals surface area contributed by atoms with Crippen LogP contribution in [0.1, 0.15) is 88.7 Å². The van der Waals surface area contributed by atoms with Crippen molar-refractivity contribution in [1.82, 2.24) is 24.3 Å². The zero-order valence-corrected chi connectivity index (χ0v) is 30.0. The zero-order chi connectivity index (χ0) is 36.3. The monoisotopic (exact) mass is 702 g/mol. The molecule has 3 aliphatic rings. The number of benzene rings is 3. The SMILES string of the molecule is Cc1cc(-n2c(N3CCN(C(C)c4ccccc4)C3=O)nc3c(c2=O)CCN(C(=O)c2cc4cc(C5CCOCC5)ccc4[nH]2)C3C)cc(C)c1F. The second-order valence-corrected chi connectivity index (χ2v) is 14.4. The van der Waals surface area contributed by atoms with Gasteiger partial charge in [-0.25, -0.2) is 18.7 Å². The lowest BCUT2D eigenvalue weighted by Crippen LogP contribution is -2.44. The molecule has 0 spiro atoms. The van der Waals surface area contributed by atoms with Crippen molar-refractivity contribution >= 4 is 28.8 Å². The van der Waals surface area contributed by atoms with Gasteiger partial charge in [0.05, 0.1) is 23.5 Å². The molecule has 2 unspecified atom stereocenters. The molecule has 3 amide bonds. The molecule has 5 aromatic rings. The van der Waals surface area contributed by atoms with Gasteiger partial charge < -0.3 is 19.5 Å². The number of H-pyrrole nitrogens is 1. The molecule has 0 saturated carbocycles. The van der Waals surface area contributed by atoms with Gasteiger partial charge in [0.2, 0.25) is 5.95 Å². The molecule has 1 N–H and O–H groups in total. The molecule has 5 heterocycles. The first-order valence-corrected chi connectivity index (χ1v) is 18.2. The fraction of sp³-hybridized carbons (Fsp3) is 0.366. The van der Waals surface area contributed by atoms with E-state index in [9.17, 15) is 18.8 Å². The number of aryl methyl sites for hydroxylation is 2. The van der Waals surface area contributed by atoms with Crippen molar-refractivity contribution < 1.29 is 18.7 Å². The lowest BCUT2D eigenvalue weighted by molar-refractivity contribution is 0.0666. The quantitative estimate of drug-likeness (QED) is 0.203. The van der Waals surface area contributed by atoms with Crippen molar-refractivity contribution in [2.24, 2.45) is 0 Å². The minimum atomic E-state index is -0.546. The highest BCUT2D eigenvalue weighted by molar-refractivity contribution is 5.98. The second-order valence-electron chi connectivity index (χ2n) is 14.4. The Morgan fingerprint density at radius 3 is 2.42 bits per heavy atom. The summed E-state index contributed by atoms with van der Waals surface area (Å²) in [5, 5.41) is 0.979. The number of carbonyl (C=O) groups excluding carboxylic acids is 2. The molecule has 3 aliphatic heterocycles. The number of fused-ring (bicyclic) bond motifs is 2. The van der Waals surface area contributed by atoms with Crippen LogP contribution < -0.4 is 10.5 Å². The van der Waals surface area contributed by atoms with E-state index in [4.69, 9.17) is 9.72 Å². The predicted octanol–water partition coefficient (Wildman–Crippen LogP) is 7.13. The summed E-state index contributed by atoms with van der Waals surface area (Å²) in [6.07, 6.45) is 2.25. The number of aromatic amines is 1. The smallest absolute Gasteiger partial charge is 0.327 e. The van der Waals surface area contributed by atoms with Crippen LogP contribution in [0.2, 0.25) is 0 Å². The van der Waals surface area contributed by atoms with Crippen LogP contribution in [0.5, 0.6) is 0 Å². The third kappa shape index (κ3) is 5.77. The first-order chi connectivity index (χ1) is 25.1. The largest absolute Gasteiger partial charge is 0.381 e. The van der Waals surface area contributed by atoms with Crippen LogP contribution in [0.4, 0.5) is 15.1 Å². The van der Waals surface area contributed by atoms with Crippen molar-refractivity contribution in [3.63, 3.8) is 0 Å². The maximum Gasteiger partial charge on any atom is 0.327 e. The highest BCUT2D eigenvalue weighted by atomic mass is 19.1. The molecule has 0 aliphatic carbocycles. The number of carbonyl (C=O) groups is 2. The van der Waals surface area contributed by atoms with E-state index in [2.05, 4.69) is 17.1 Å². The van der Waals surface area contributed by atoms with E-state index in [-0.39, 0.29) is 41.7 Å². The number of halogens is 1. The van der Waals surface area contributed by atoms with Gasteiger partial charge in [0.1, 0.15) is 11.5 Å². The zero-order valence-electron chi connectivity index (χ0n) is 30.0. The Morgan fingerprint density at radius 1 is 0.962 bits per heavy atom. The molecule has 0 bridgehead atoms. The molecule has 0 radical (unpaired) electrons. The number of hydrogen-bond acceptors (Lipinski definition) is 5. The number of nitrogens with zero attached hydrogens (tertiary/aromatic N) is 5. The van der Waals surface area contributed by atoms with Gasteiger partial charge in [-0.05, 0) is 105 Å². The van der Waals surface area contributed by atoms with Gasteiger partial charge in [0.25, 0.3) is 11.5 Å². The molecule has 2 aromatic heterocycles. The Morgan fingerprint density at radius 2 is 1.69 bits per heavy atom. The minimum absolute atomic E-state index is 0.161. The molecule has 2 atom stereocenters. The molecular weight excluding hydrogens is 659 g/mol. The Labute approximate surface area is 301 Å². The molecule has 2 fully saturated rings. The van der Waals surface area contributed by atoms with Gasteiger partial charge >= 0.3 is 6.03 Å². The number of urea groups is 1. The highest BCUT2D eigenvalue weighted by Crippen LogP contribution is 2.35. The summed E-state index contributed by atoms with van der Waals surface area (Å²) in [7, 11) is 0. The summed E-state index contributed by atoms with van der Waals surface area (Å²) in [5.41, 5.74) is 5.46. The average molecular weight is 703 g/mol. The molecule has 11 heteroatoms. The maximum atomic E-state index is 14.8. The number of ether oxygens (including phenoxy) is 1. The second kappa shape index (κ2) is 13.4. The summed E-state index contributed by atoms with van der Waals surface area (Å²) >= 11 is 0. The van der Waals surface area contributed by atoms with Crippen molar-refractivity contribution in [2.45, 2.75) is 65.0 Å². The molecule has 268 valence electrons. The molecule has 3 aromatic carbocycles. The van der Waals surface area contributed by atoms with E-state index < -0.39 is 6.04 Å². The molecular formula is C41H43FN6O4. The number of aromatic nitrogens is 3. The predicted molar refractivity (Wildman–Crippen MR) is 198 cm³/mol. The van der Waals surface area contributed by atoms with Crippen LogP contribution in [0.25, 0.3) is 16.6 Å². The van der Waals surface area contributed by atoms with Crippen molar-refractivity contribution in [3.05, 3.63) is 122 Å². The summed E-state index contributed by atoms with van der Waals surface area (Å²) in [5.74, 6) is 0.0756. The molecule has 8 rings (SSSR count). The van der Waals surface area contributed by atoms with E-state index in [1.807, 2.05) is 56.3 Å². The average Bonchev–Trinajstić information content (AvgIpc) is 3.77. The van der Waals surface area contributed by atoms with Gasteiger partial charge in [0.15, 0.2) is 0 Å². The van der Waals surface area contributed by atoms with E-state index >= 15 is 0 Å². The minimum Gasteiger partial charge on any atom is -0.381 e. The van der Waals surface area contributed by atoms with Crippen LogP contribution in [0.15, 0.2) is 71.5 Å². The maximum absolute atomic E-state index is 14.8. The fourth-order valence-corrected chi connectivity index (χ4v) is 8.17. The third-order valence-corrected chi connectivity index (χ3v) is 11.2. The first-order valence-electron chi connectivity index (χ1n) is 18.2. The van der Waals surface area contributed by atoms with E-state index in [0.717, 1.165) is 42.5 Å². The summed E-state index contributed by atoms with van der Waals surface area (Å²) in [4.78, 5) is 56.4. The Balaban J connectivity index is 1.16. The van der Waals surface area contributed by atoms with Gasteiger partial charge in [-0.3, -0.25) is 14.5 Å². The summed E-state index contributed by atoms with van der Waals surface area (Å²) in [6, 6.07) is 20.3. The number of rotatable bonds is 6. The van der Waals surface area contributed by atoms with Crippen molar-refractivity contribution in [1.29, 1.82) is 0 Å². The molecule has 10 nitrogen and oxygen atoms in total. The Kier molecular flexibility index (Phi) is 8.69. The number of hydrogen-bond donors (Lipinski definition) is 1. The van der Waals surface area contributed by atoms with Crippen molar-refractivity contribution in [3.8, 4) is 5.69 Å². The fourth-order valence-electron chi connectivity index (χ4n) is 8.17. The van der Waals surface area contributed by atoms with Gasteiger partial charge in [-0.15, -0.1) is 0 Å². The summed E-state index contributed by atoms with van der Waals surface area (Å²) < 4.78 is 21.8. The Hall–Kier alpha value is -5.29. The van der Waals surface area contributed by atoms with Gasteiger partial charge in [-0.1, -0.05) is 36.4 Å². The lowest BCUT2D eigenvalue weighted by Gasteiger charge is -2.35. The van der Waals surface area contributed by atoms with Crippen LogP contribution in [-0.2, 0) is 11.2 Å². The normalized spacial score (nSPS) is 18.7. The topological polar surface area (TPSA) is 104 Å². The highest BCUT2D eigenvalue weighted by Gasteiger charge is 2.39. The van der Waals surface area contributed by atoms with Crippen LogP contribution >= 0.6 is 0 Å². The molecule has 52 heavy (non-hydrogen) atoms. The van der Waals surface area contributed by atoms with E-state index in [1.165, 1.54) is 15.0 Å². The standard InChI is InChI=1S/C41H43FN6O4/c1-24-20-32(21-25(2)36(24)42)48-38(49)33-12-15-45(39(50)35-23-31-22-30(10-11-34(31)43-35)29-13-18-52-19-14-29)27(4)37(33)44-40(48)47-17-16-46(41(47)51)26(3)28-8-6-5-7-9-28/h5-11,20-23,26-27,29,43H,12-19H2,1-4H3. The number of amides is 3. The van der Waals surface area contributed by atoms with Crippen LogP contribution in [0.3, 0.4) is 0 Å². The van der Waals surface area contributed by atoms with E-state index in [0.29, 0.717) is 59.3 Å². The van der Waals surface area contributed by atoms with E-state index in [1.54, 1.807) is 35.8 Å². The number of nitrogens with one attached hydrogen (secondary N) is 1. The van der Waals surface area contributed by atoms with Gasteiger partial charge in [-0.2, -0.15) is 0 Å².